The van der Waals surface area contributed by atoms with Gasteiger partial charge in [-0.15, -0.1) is 6.58 Å². The van der Waals surface area contributed by atoms with Gasteiger partial charge in [-0.3, -0.25) is 19.0 Å². The lowest BCUT2D eigenvalue weighted by molar-refractivity contribution is -0.115. The lowest BCUT2D eigenvalue weighted by Gasteiger charge is -2.19. The minimum atomic E-state index is -0.689. The fourth-order valence-electron chi connectivity index (χ4n) is 3.56. The molecule has 0 radical (unpaired) electrons. The summed E-state index contributed by atoms with van der Waals surface area (Å²) >= 11 is 1.20. The monoisotopic (exact) mass is 469 g/mol. The Bertz CT molecular complexity index is 1430. The smallest absolute Gasteiger partial charge is 0.262 e. The Labute approximate surface area is 201 Å². The minimum Gasteiger partial charge on any atom is -0.325 e. The van der Waals surface area contributed by atoms with Crippen LogP contribution < -0.4 is 10.9 Å². The maximum Gasteiger partial charge on any atom is 0.262 e. The number of aromatic nitrogens is 2. The van der Waals surface area contributed by atoms with E-state index in [2.05, 4.69) is 11.9 Å². The van der Waals surface area contributed by atoms with E-state index in [9.17, 15) is 14.4 Å². The van der Waals surface area contributed by atoms with Gasteiger partial charge in [0, 0.05) is 17.8 Å². The molecule has 4 aromatic rings. The number of hydrogen-bond acceptors (Lipinski definition) is 5. The first-order valence-electron chi connectivity index (χ1n) is 10.7. The molecule has 34 heavy (non-hydrogen) atoms. The highest BCUT2D eigenvalue weighted by molar-refractivity contribution is 8.00. The Morgan fingerprint density at radius 2 is 1.79 bits per heavy atom. The molecule has 1 unspecified atom stereocenters. The molecule has 7 heteroatoms. The van der Waals surface area contributed by atoms with E-state index < -0.39 is 5.25 Å². The van der Waals surface area contributed by atoms with Gasteiger partial charge in [-0.05, 0) is 36.8 Å². The average Bonchev–Trinajstić information content (AvgIpc) is 2.85. The van der Waals surface area contributed by atoms with Crippen molar-refractivity contribution in [2.24, 2.45) is 0 Å². The molecule has 1 heterocycles. The van der Waals surface area contributed by atoms with Crippen LogP contribution in [0.1, 0.15) is 28.1 Å². The molecule has 1 atom stereocenters. The third-order valence-corrected chi connectivity index (χ3v) is 6.48. The number of hydrogen-bond donors (Lipinski definition) is 1. The van der Waals surface area contributed by atoms with Crippen molar-refractivity contribution in [1.82, 2.24) is 9.55 Å². The summed E-state index contributed by atoms with van der Waals surface area (Å²) in [5, 5.41) is 3.15. The second kappa shape index (κ2) is 10.3. The molecule has 1 N–H and O–H groups in total. The first-order valence-corrected chi connectivity index (χ1v) is 11.6. The van der Waals surface area contributed by atoms with Gasteiger partial charge in [0.05, 0.1) is 10.9 Å². The summed E-state index contributed by atoms with van der Waals surface area (Å²) in [4.78, 5) is 43.1. The Kier molecular flexibility index (Phi) is 7.04. The van der Waals surface area contributed by atoms with E-state index in [0.717, 1.165) is 5.56 Å². The number of thioether (sulfide) groups is 1. The van der Waals surface area contributed by atoms with Crippen molar-refractivity contribution in [2.45, 2.75) is 23.9 Å². The van der Waals surface area contributed by atoms with Gasteiger partial charge in [0.25, 0.3) is 5.56 Å². The SMILES string of the molecule is C=CCn1c(SC(C(=O)Nc2cccc(C(C)=O)c2)c2ccccc2)nc2ccccc2c1=O. The standard InChI is InChI=1S/C27H23N3O3S/c1-3-16-30-26(33)22-14-7-8-15-23(22)29-27(30)34-24(19-10-5-4-6-11-19)25(32)28-21-13-9-12-20(17-21)18(2)31/h3-15,17,24H,1,16H2,2H3,(H,28,32). The summed E-state index contributed by atoms with van der Waals surface area (Å²) in [6, 6.07) is 23.3. The number of amides is 1. The molecule has 0 aliphatic heterocycles. The Morgan fingerprint density at radius 3 is 2.53 bits per heavy atom. The Balaban J connectivity index is 1.75. The van der Waals surface area contributed by atoms with Crippen LogP contribution in [0.15, 0.2) is 101 Å². The topological polar surface area (TPSA) is 81.1 Å². The van der Waals surface area contributed by atoms with Crippen LogP contribution in [0.3, 0.4) is 0 Å². The van der Waals surface area contributed by atoms with Crippen LogP contribution in [0.4, 0.5) is 5.69 Å². The van der Waals surface area contributed by atoms with Crippen LogP contribution in [0, 0.1) is 0 Å². The summed E-state index contributed by atoms with van der Waals surface area (Å²) in [7, 11) is 0. The zero-order valence-corrected chi connectivity index (χ0v) is 19.4. The zero-order valence-electron chi connectivity index (χ0n) is 18.6. The maximum atomic E-state index is 13.5. The van der Waals surface area contributed by atoms with Gasteiger partial charge in [0.2, 0.25) is 5.91 Å². The van der Waals surface area contributed by atoms with Crippen LogP contribution in [0.25, 0.3) is 10.9 Å². The second-order valence-electron chi connectivity index (χ2n) is 7.65. The average molecular weight is 470 g/mol. The van der Waals surface area contributed by atoms with E-state index in [-0.39, 0.29) is 23.8 Å². The highest BCUT2D eigenvalue weighted by Crippen LogP contribution is 2.35. The van der Waals surface area contributed by atoms with Gasteiger partial charge in [0.1, 0.15) is 5.25 Å². The highest BCUT2D eigenvalue weighted by Gasteiger charge is 2.25. The molecule has 0 spiro atoms. The first-order chi connectivity index (χ1) is 16.5. The summed E-state index contributed by atoms with van der Waals surface area (Å²) < 4.78 is 1.53. The third kappa shape index (κ3) is 5.00. The lowest BCUT2D eigenvalue weighted by Crippen LogP contribution is -2.25. The fourth-order valence-corrected chi connectivity index (χ4v) is 4.66. The number of carbonyl (C=O) groups excluding carboxylic acids is 2. The van der Waals surface area contributed by atoms with Crippen molar-refractivity contribution in [1.29, 1.82) is 0 Å². The predicted octanol–water partition coefficient (Wildman–Crippen LogP) is 5.26. The summed E-state index contributed by atoms with van der Waals surface area (Å²) in [5.74, 6) is -0.372. The van der Waals surface area contributed by atoms with Crippen molar-refractivity contribution in [2.75, 3.05) is 5.32 Å². The second-order valence-corrected chi connectivity index (χ2v) is 8.72. The number of Topliss-reactive ketones (excluding diaryl/α,β-unsaturated/α-hetero) is 1. The predicted molar refractivity (Wildman–Crippen MR) is 136 cm³/mol. The largest absolute Gasteiger partial charge is 0.325 e. The van der Waals surface area contributed by atoms with Crippen LogP contribution in [-0.2, 0) is 11.3 Å². The number of carbonyl (C=O) groups is 2. The van der Waals surface area contributed by atoms with E-state index in [1.54, 1.807) is 48.5 Å². The van der Waals surface area contributed by atoms with Gasteiger partial charge in [-0.2, -0.15) is 0 Å². The highest BCUT2D eigenvalue weighted by atomic mass is 32.2. The van der Waals surface area contributed by atoms with Crippen molar-refractivity contribution >= 4 is 40.0 Å². The Morgan fingerprint density at radius 1 is 1.06 bits per heavy atom. The van der Waals surface area contributed by atoms with Crippen molar-refractivity contribution in [3.8, 4) is 0 Å². The van der Waals surface area contributed by atoms with E-state index in [4.69, 9.17) is 4.98 Å². The lowest BCUT2D eigenvalue weighted by atomic mass is 10.1. The number of anilines is 1. The van der Waals surface area contributed by atoms with Crippen molar-refractivity contribution in [3.05, 3.63) is 113 Å². The van der Waals surface area contributed by atoms with Gasteiger partial charge in [-0.25, -0.2) is 4.98 Å². The van der Waals surface area contributed by atoms with Crippen LogP contribution in [0.5, 0.6) is 0 Å². The van der Waals surface area contributed by atoms with Gasteiger partial charge in [-0.1, -0.05) is 72.4 Å². The molecule has 0 aliphatic carbocycles. The molecule has 1 amide bonds. The summed E-state index contributed by atoms with van der Waals surface area (Å²) in [6.45, 7) is 5.51. The molecule has 170 valence electrons. The van der Waals surface area contributed by atoms with E-state index in [1.807, 2.05) is 36.4 Å². The van der Waals surface area contributed by atoms with Crippen LogP contribution >= 0.6 is 11.8 Å². The molecule has 6 nitrogen and oxygen atoms in total. The maximum absolute atomic E-state index is 13.5. The molecular formula is C27H23N3O3S. The van der Waals surface area contributed by atoms with Crippen LogP contribution in [0.2, 0.25) is 0 Å². The number of ketones is 1. The van der Waals surface area contributed by atoms with Gasteiger partial charge in [0.15, 0.2) is 10.9 Å². The minimum absolute atomic E-state index is 0.0844. The number of nitrogens with one attached hydrogen (secondary N) is 1. The number of allylic oxidation sites excluding steroid dienone is 1. The molecule has 1 aromatic heterocycles. The third-order valence-electron chi connectivity index (χ3n) is 5.24. The summed E-state index contributed by atoms with van der Waals surface area (Å²) in [6.07, 6.45) is 1.63. The molecule has 4 rings (SSSR count). The van der Waals surface area contributed by atoms with Crippen LogP contribution in [-0.4, -0.2) is 21.2 Å². The normalized spacial score (nSPS) is 11.7. The molecule has 0 aliphatic rings. The molecule has 3 aromatic carbocycles. The number of benzene rings is 3. The number of para-hydroxylation sites is 1. The quantitative estimate of drug-likeness (QED) is 0.165. The van der Waals surface area contributed by atoms with Crippen molar-refractivity contribution in [3.63, 3.8) is 0 Å². The molecule has 0 saturated carbocycles. The fraction of sp³-hybridized carbons (Fsp3) is 0.111. The van der Waals surface area contributed by atoms with E-state index >= 15 is 0 Å². The summed E-state index contributed by atoms with van der Waals surface area (Å²) in [5.41, 5.74) is 2.18. The molecule has 0 fully saturated rings. The molecular weight excluding hydrogens is 446 g/mol. The number of nitrogens with zero attached hydrogens (tertiary/aromatic N) is 2. The van der Waals surface area contributed by atoms with Crippen molar-refractivity contribution < 1.29 is 9.59 Å². The van der Waals surface area contributed by atoms with E-state index in [1.165, 1.54) is 23.3 Å². The van der Waals surface area contributed by atoms with Gasteiger partial charge < -0.3 is 5.32 Å². The van der Waals surface area contributed by atoms with Gasteiger partial charge >= 0.3 is 0 Å². The number of rotatable bonds is 8. The first kappa shape index (κ1) is 23.2. The number of fused-ring (bicyclic) bond motifs is 1. The molecule has 0 bridgehead atoms. The molecule has 0 saturated heterocycles. The zero-order chi connectivity index (χ0) is 24.1. The Hall–Kier alpha value is -3.97. The van der Waals surface area contributed by atoms with E-state index in [0.29, 0.717) is 27.3 Å².